The van der Waals surface area contributed by atoms with Crippen LogP contribution in [0, 0.1) is 5.92 Å². The summed E-state index contributed by atoms with van der Waals surface area (Å²) in [7, 11) is -2.87. The van der Waals surface area contributed by atoms with Gasteiger partial charge in [0.2, 0.25) is 5.89 Å². The molecule has 0 N–H and O–H groups in total. The van der Waals surface area contributed by atoms with E-state index in [0.29, 0.717) is 29.7 Å². The van der Waals surface area contributed by atoms with E-state index in [1.807, 2.05) is 35.0 Å². The molecule has 1 aliphatic rings. The molecule has 0 amide bonds. The minimum atomic E-state index is -2.87. The predicted octanol–water partition coefficient (Wildman–Crippen LogP) is 1.99. The number of hydrogen-bond donors (Lipinski definition) is 0. The van der Waals surface area contributed by atoms with Crippen LogP contribution in [0.2, 0.25) is 0 Å². The lowest BCUT2D eigenvalue weighted by Gasteiger charge is -2.01. The van der Waals surface area contributed by atoms with Crippen LogP contribution in [0.5, 0.6) is 0 Å². The van der Waals surface area contributed by atoms with E-state index >= 15 is 0 Å². The van der Waals surface area contributed by atoms with Gasteiger partial charge < -0.3 is 8.82 Å². The average Bonchev–Trinajstić information content (AvgIpc) is 3.24. The molecule has 126 valence electrons. The summed E-state index contributed by atoms with van der Waals surface area (Å²) in [5.41, 5.74) is 1.84. The molecule has 3 aromatic heterocycles. The molecule has 0 aromatic carbocycles. The van der Waals surface area contributed by atoms with Crippen LogP contribution < -0.4 is 0 Å². The van der Waals surface area contributed by atoms with Gasteiger partial charge >= 0.3 is 0 Å². The third-order valence-electron chi connectivity index (χ3n) is 4.00. The number of thioether (sulfide) groups is 1. The molecule has 1 saturated heterocycles. The van der Waals surface area contributed by atoms with E-state index in [4.69, 9.17) is 4.42 Å². The van der Waals surface area contributed by atoms with Crippen molar-refractivity contribution in [1.82, 2.24) is 19.6 Å². The van der Waals surface area contributed by atoms with Crippen molar-refractivity contribution in [3.05, 3.63) is 42.2 Å². The van der Waals surface area contributed by atoms with Crippen LogP contribution in [0.3, 0.4) is 0 Å². The standard InChI is InChI=1S/C15H16N4O3S2/c20-24(21)6-4-11(10-24)7-14-17-18-15(22-14)23-9-12-8-19-5-2-1-3-13(19)16-12/h1-3,5,8,11H,4,6-7,9-10H2/t11-/m1/s1. The predicted molar refractivity (Wildman–Crippen MR) is 89.5 cm³/mol. The monoisotopic (exact) mass is 364 g/mol. The van der Waals surface area contributed by atoms with E-state index in [1.165, 1.54) is 11.8 Å². The Hall–Kier alpha value is -1.87. The van der Waals surface area contributed by atoms with Gasteiger partial charge in [-0.1, -0.05) is 17.8 Å². The number of fused-ring (bicyclic) bond motifs is 1. The summed E-state index contributed by atoms with van der Waals surface area (Å²) in [6.45, 7) is 0. The minimum absolute atomic E-state index is 0.0896. The largest absolute Gasteiger partial charge is 0.416 e. The molecule has 1 aliphatic heterocycles. The molecule has 1 fully saturated rings. The van der Waals surface area contributed by atoms with Gasteiger partial charge in [0.05, 0.1) is 17.2 Å². The van der Waals surface area contributed by atoms with Crippen molar-refractivity contribution in [1.29, 1.82) is 0 Å². The molecule has 0 bridgehead atoms. The number of sulfone groups is 1. The van der Waals surface area contributed by atoms with Gasteiger partial charge in [-0.25, -0.2) is 13.4 Å². The second-order valence-electron chi connectivity index (χ2n) is 5.92. The maximum atomic E-state index is 11.5. The minimum Gasteiger partial charge on any atom is -0.416 e. The average molecular weight is 364 g/mol. The van der Waals surface area contributed by atoms with E-state index in [0.717, 1.165) is 11.3 Å². The Morgan fingerprint density at radius 1 is 1.33 bits per heavy atom. The summed E-state index contributed by atoms with van der Waals surface area (Å²) >= 11 is 1.43. The Morgan fingerprint density at radius 3 is 3.04 bits per heavy atom. The van der Waals surface area contributed by atoms with Gasteiger partial charge in [-0.15, -0.1) is 10.2 Å². The number of pyridine rings is 1. The molecule has 3 aromatic rings. The molecule has 7 nitrogen and oxygen atoms in total. The molecule has 4 heterocycles. The summed E-state index contributed by atoms with van der Waals surface area (Å²) in [4.78, 5) is 4.52. The highest BCUT2D eigenvalue weighted by Gasteiger charge is 2.29. The molecular weight excluding hydrogens is 348 g/mol. The maximum absolute atomic E-state index is 11.5. The van der Waals surface area contributed by atoms with Gasteiger partial charge in [0.15, 0.2) is 9.84 Å². The van der Waals surface area contributed by atoms with Crippen molar-refractivity contribution in [2.24, 2.45) is 5.92 Å². The van der Waals surface area contributed by atoms with Gasteiger partial charge in [0.25, 0.3) is 5.22 Å². The van der Waals surface area contributed by atoms with Gasteiger partial charge in [0, 0.05) is 24.6 Å². The molecule has 0 saturated carbocycles. The van der Waals surface area contributed by atoms with E-state index in [1.54, 1.807) is 0 Å². The number of rotatable bonds is 5. The molecule has 0 unspecified atom stereocenters. The number of nitrogens with zero attached hydrogens (tertiary/aromatic N) is 4. The molecule has 0 radical (unpaired) electrons. The van der Waals surface area contributed by atoms with E-state index in [9.17, 15) is 8.42 Å². The molecule has 1 atom stereocenters. The Kier molecular flexibility index (Phi) is 4.05. The highest BCUT2D eigenvalue weighted by Crippen LogP contribution is 2.25. The first-order valence-corrected chi connectivity index (χ1v) is 10.5. The summed E-state index contributed by atoms with van der Waals surface area (Å²) in [5, 5.41) is 8.54. The highest BCUT2D eigenvalue weighted by atomic mass is 32.2. The lowest BCUT2D eigenvalue weighted by Crippen LogP contribution is -2.07. The van der Waals surface area contributed by atoms with Gasteiger partial charge in [-0.2, -0.15) is 0 Å². The van der Waals surface area contributed by atoms with Gasteiger partial charge in [-0.05, 0) is 24.5 Å². The van der Waals surface area contributed by atoms with Crippen molar-refractivity contribution in [3.63, 3.8) is 0 Å². The SMILES string of the molecule is O=S1(=O)CC[C@H](Cc2nnc(SCc3cn4ccccc4n3)o2)C1. The number of aromatic nitrogens is 4. The van der Waals surface area contributed by atoms with Gasteiger partial charge in [0.1, 0.15) is 5.65 Å². The highest BCUT2D eigenvalue weighted by molar-refractivity contribution is 7.98. The van der Waals surface area contributed by atoms with E-state index in [2.05, 4.69) is 15.2 Å². The first-order chi connectivity index (χ1) is 11.6. The molecule has 9 heteroatoms. The van der Waals surface area contributed by atoms with Crippen molar-refractivity contribution in [3.8, 4) is 0 Å². The molecule has 4 rings (SSSR count). The van der Waals surface area contributed by atoms with E-state index < -0.39 is 9.84 Å². The van der Waals surface area contributed by atoms with Crippen LogP contribution in [0.4, 0.5) is 0 Å². The lowest BCUT2D eigenvalue weighted by molar-refractivity contribution is 0.389. The molecular formula is C15H16N4O3S2. The summed E-state index contributed by atoms with van der Waals surface area (Å²) in [5.74, 6) is 1.72. The quantitative estimate of drug-likeness (QED) is 0.639. The normalized spacial score (nSPS) is 19.9. The number of hydrogen-bond acceptors (Lipinski definition) is 7. The summed E-state index contributed by atoms with van der Waals surface area (Å²) in [6, 6.07) is 5.86. The Labute approximate surface area is 143 Å². The Balaban J connectivity index is 1.37. The fraction of sp³-hybridized carbons (Fsp3) is 0.400. The summed E-state index contributed by atoms with van der Waals surface area (Å²) < 4.78 is 30.6. The molecule has 0 aliphatic carbocycles. The molecule has 24 heavy (non-hydrogen) atoms. The van der Waals surface area contributed by atoms with Crippen molar-refractivity contribution in [2.45, 2.75) is 23.8 Å². The van der Waals surface area contributed by atoms with E-state index in [-0.39, 0.29) is 17.4 Å². The Morgan fingerprint density at radius 2 is 2.25 bits per heavy atom. The maximum Gasteiger partial charge on any atom is 0.276 e. The van der Waals surface area contributed by atoms with Crippen LogP contribution in [-0.4, -0.2) is 39.5 Å². The summed E-state index contributed by atoms with van der Waals surface area (Å²) in [6.07, 6.45) is 5.13. The lowest BCUT2D eigenvalue weighted by atomic mass is 10.1. The van der Waals surface area contributed by atoms with Crippen LogP contribution in [0.15, 0.2) is 40.2 Å². The first-order valence-electron chi connectivity index (χ1n) is 7.66. The van der Waals surface area contributed by atoms with Crippen LogP contribution in [0.1, 0.15) is 18.0 Å². The van der Waals surface area contributed by atoms with Crippen molar-refractivity contribution >= 4 is 27.2 Å². The first kappa shape index (κ1) is 15.6. The van der Waals surface area contributed by atoms with Crippen LogP contribution in [-0.2, 0) is 22.0 Å². The third-order valence-corrected chi connectivity index (χ3v) is 6.68. The second kappa shape index (κ2) is 6.21. The number of imidazole rings is 1. The zero-order valence-corrected chi connectivity index (χ0v) is 14.5. The third kappa shape index (κ3) is 3.46. The zero-order valence-electron chi connectivity index (χ0n) is 12.8. The topological polar surface area (TPSA) is 90.4 Å². The molecule has 0 spiro atoms. The van der Waals surface area contributed by atoms with Crippen LogP contribution in [0.25, 0.3) is 5.65 Å². The smallest absolute Gasteiger partial charge is 0.276 e. The second-order valence-corrected chi connectivity index (χ2v) is 9.08. The van der Waals surface area contributed by atoms with Crippen molar-refractivity contribution in [2.75, 3.05) is 11.5 Å². The fourth-order valence-corrected chi connectivity index (χ4v) is 5.38. The van der Waals surface area contributed by atoms with Crippen LogP contribution >= 0.6 is 11.8 Å². The fourth-order valence-electron chi connectivity index (χ4n) is 2.85. The zero-order chi connectivity index (χ0) is 16.6. The Bertz CT molecular complexity index is 931. The van der Waals surface area contributed by atoms with Crippen molar-refractivity contribution < 1.29 is 12.8 Å². The van der Waals surface area contributed by atoms with Gasteiger partial charge in [-0.3, -0.25) is 0 Å².